The fourth-order valence-electron chi connectivity index (χ4n) is 4.14. The monoisotopic (exact) mass is 338 g/mol. The van der Waals surface area contributed by atoms with Crippen LogP contribution in [0.25, 0.3) is 0 Å². The van der Waals surface area contributed by atoms with Crippen molar-refractivity contribution in [1.29, 1.82) is 0 Å². The summed E-state index contributed by atoms with van der Waals surface area (Å²) < 4.78 is 5.43. The molecule has 2 amide bonds. The van der Waals surface area contributed by atoms with Crippen LogP contribution in [0.3, 0.4) is 0 Å². The van der Waals surface area contributed by atoms with Crippen molar-refractivity contribution in [3.8, 4) is 12.3 Å². The van der Waals surface area contributed by atoms with E-state index in [1.165, 1.54) is 0 Å². The fourth-order valence-corrected chi connectivity index (χ4v) is 4.14. The van der Waals surface area contributed by atoms with E-state index in [1.54, 1.807) is 0 Å². The Morgan fingerprint density at radius 1 is 1.28 bits per heavy atom. The number of hydrogen-bond donors (Lipinski definition) is 2. The van der Waals surface area contributed by atoms with E-state index in [9.17, 15) is 9.59 Å². The average molecular weight is 338 g/mol. The first-order chi connectivity index (χ1) is 12.1. The first-order valence-corrected chi connectivity index (χ1v) is 8.85. The Kier molecular flexibility index (Phi) is 4.01. The predicted octanol–water partition coefficient (Wildman–Crippen LogP) is 1.18. The standard InChI is InChI=1S/C20H22N2O3/c1-2-13-3-5-14(6-4-13)15-11-16(15)18(23)22-17-19(24)21-12-20(17)7-9-25-10-8-20/h1,3-6,15-17H,7-12H2,(H,21,24)(H,22,23). The number of nitrogens with one attached hydrogen (secondary N) is 2. The number of carbonyl (C=O) groups excluding carboxylic acids is 2. The highest BCUT2D eigenvalue weighted by Crippen LogP contribution is 2.48. The minimum absolute atomic E-state index is 0.0149. The first-order valence-electron chi connectivity index (χ1n) is 8.85. The zero-order valence-electron chi connectivity index (χ0n) is 14.1. The molecule has 5 nitrogen and oxygen atoms in total. The molecule has 2 aliphatic heterocycles. The van der Waals surface area contributed by atoms with Crippen LogP contribution in [0.5, 0.6) is 0 Å². The largest absolute Gasteiger partial charge is 0.381 e. The van der Waals surface area contributed by atoms with Gasteiger partial charge in [-0.15, -0.1) is 6.42 Å². The van der Waals surface area contributed by atoms with E-state index in [1.807, 2.05) is 24.3 Å². The van der Waals surface area contributed by atoms with Gasteiger partial charge in [0.1, 0.15) is 6.04 Å². The molecule has 3 atom stereocenters. The second-order valence-corrected chi connectivity index (χ2v) is 7.35. The Balaban J connectivity index is 1.42. The van der Waals surface area contributed by atoms with Crippen LogP contribution in [0.15, 0.2) is 24.3 Å². The quantitative estimate of drug-likeness (QED) is 0.814. The van der Waals surface area contributed by atoms with Crippen LogP contribution in [0.2, 0.25) is 0 Å². The van der Waals surface area contributed by atoms with Gasteiger partial charge in [-0.25, -0.2) is 0 Å². The van der Waals surface area contributed by atoms with E-state index in [0.717, 1.165) is 30.4 Å². The third kappa shape index (κ3) is 2.91. The van der Waals surface area contributed by atoms with Crippen molar-refractivity contribution < 1.29 is 14.3 Å². The Labute approximate surface area is 147 Å². The fraction of sp³-hybridized carbons (Fsp3) is 0.500. The molecule has 4 rings (SSSR count). The van der Waals surface area contributed by atoms with Gasteiger partial charge in [0, 0.05) is 36.7 Å². The second-order valence-electron chi connectivity index (χ2n) is 7.35. The number of terminal acetylenes is 1. The molecule has 1 aromatic rings. The SMILES string of the molecule is C#Cc1ccc(C2CC2C(=O)NC2C(=O)NCC23CCOCC3)cc1. The maximum atomic E-state index is 12.7. The molecule has 1 spiro atoms. The van der Waals surface area contributed by atoms with Gasteiger partial charge < -0.3 is 15.4 Å². The lowest BCUT2D eigenvalue weighted by atomic mass is 9.76. The molecule has 0 radical (unpaired) electrons. The van der Waals surface area contributed by atoms with Gasteiger partial charge in [-0.1, -0.05) is 18.1 Å². The molecule has 0 aromatic heterocycles. The molecule has 5 heteroatoms. The van der Waals surface area contributed by atoms with Crippen molar-refractivity contribution in [3.05, 3.63) is 35.4 Å². The summed E-state index contributed by atoms with van der Waals surface area (Å²) in [5.74, 6) is 2.69. The van der Waals surface area contributed by atoms with Gasteiger partial charge in [0.15, 0.2) is 0 Å². The number of amides is 2. The molecule has 2 saturated heterocycles. The Bertz CT molecular complexity index is 728. The predicted molar refractivity (Wildman–Crippen MR) is 92.7 cm³/mol. The lowest BCUT2D eigenvalue weighted by molar-refractivity contribution is -0.130. The van der Waals surface area contributed by atoms with Crippen molar-refractivity contribution in [2.45, 2.75) is 31.2 Å². The number of benzene rings is 1. The molecule has 3 unspecified atom stereocenters. The third-order valence-corrected chi connectivity index (χ3v) is 5.90. The number of ether oxygens (including phenoxy) is 1. The maximum absolute atomic E-state index is 12.7. The second kappa shape index (κ2) is 6.20. The molecule has 25 heavy (non-hydrogen) atoms. The molecule has 2 N–H and O–H groups in total. The summed E-state index contributed by atoms with van der Waals surface area (Å²) in [6.45, 7) is 1.92. The highest BCUT2D eigenvalue weighted by molar-refractivity contribution is 5.92. The van der Waals surface area contributed by atoms with Crippen LogP contribution in [-0.2, 0) is 14.3 Å². The van der Waals surface area contributed by atoms with Gasteiger partial charge >= 0.3 is 0 Å². The third-order valence-electron chi connectivity index (χ3n) is 5.90. The summed E-state index contributed by atoms with van der Waals surface area (Å²) in [7, 11) is 0. The molecule has 1 aromatic carbocycles. The summed E-state index contributed by atoms with van der Waals surface area (Å²) >= 11 is 0. The molecule has 3 fully saturated rings. The van der Waals surface area contributed by atoms with Gasteiger partial charge in [0.25, 0.3) is 0 Å². The van der Waals surface area contributed by atoms with Crippen LogP contribution in [0.4, 0.5) is 0 Å². The summed E-state index contributed by atoms with van der Waals surface area (Å²) in [6, 6.07) is 7.37. The van der Waals surface area contributed by atoms with Crippen LogP contribution < -0.4 is 10.6 Å². The Hall–Kier alpha value is -2.32. The topological polar surface area (TPSA) is 67.4 Å². The van der Waals surface area contributed by atoms with Crippen LogP contribution in [0, 0.1) is 23.7 Å². The van der Waals surface area contributed by atoms with Crippen molar-refractivity contribution in [2.75, 3.05) is 19.8 Å². The normalized spacial score (nSPS) is 29.7. The van der Waals surface area contributed by atoms with Crippen molar-refractivity contribution >= 4 is 11.8 Å². The van der Waals surface area contributed by atoms with Crippen molar-refractivity contribution in [3.63, 3.8) is 0 Å². The summed E-state index contributed by atoms with van der Waals surface area (Å²) in [6.07, 6.45) is 7.81. The number of carbonyl (C=O) groups is 2. The zero-order valence-corrected chi connectivity index (χ0v) is 14.1. The van der Waals surface area contributed by atoms with E-state index in [4.69, 9.17) is 11.2 Å². The van der Waals surface area contributed by atoms with E-state index < -0.39 is 6.04 Å². The molecule has 1 saturated carbocycles. The molecular formula is C20H22N2O3. The van der Waals surface area contributed by atoms with E-state index in [-0.39, 0.29) is 29.1 Å². The molecular weight excluding hydrogens is 316 g/mol. The smallest absolute Gasteiger partial charge is 0.243 e. The molecule has 130 valence electrons. The van der Waals surface area contributed by atoms with Crippen LogP contribution >= 0.6 is 0 Å². The zero-order chi connectivity index (χ0) is 17.4. The molecule has 1 aliphatic carbocycles. The van der Waals surface area contributed by atoms with Crippen molar-refractivity contribution in [2.24, 2.45) is 11.3 Å². The molecule has 0 bridgehead atoms. The molecule has 2 heterocycles. The van der Waals surface area contributed by atoms with Gasteiger partial charge in [-0.05, 0) is 42.9 Å². The van der Waals surface area contributed by atoms with Gasteiger partial charge in [-0.3, -0.25) is 9.59 Å². The summed E-state index contributed by atoms with van der Waals surface area (Å²) in [5.41, 5.74) is 1.79. The van der Waals surface area contributed by atoms with Crippen LogP contribution in [-0.4, -0.2) is 37.6 Å². The minimum Gasteiger partial charge on any atom is -0.381 e. The van der Waals surface area contributed by atoms with E-state index >= 15 is 0 Å². The number of rotatable bonds is 3. The Morgan fingerprint density at radius 2 is 2.00 bits per heavy atom. The average Bonchev–Trinajstić information content (AvgIpc) is 3.40. The van der Waals surface area contributed by atoms with Gasteiger partial charge in [0.2, 0.25) is 11.8 Å². The van der Waals surface area contributed by atoms with Gasteiger partial charge in [-0.2, -0.15) is 0 Å². The first kappa shape index (κ1) is 16.2. The highest BCUT2D eigenvalue weighted by Gasteiger charge is 2.52. The lowest BCUT2D eigenvalue weighted by Gasteiger charge is -2.36. The molecule has 3 aliphatic rings. The van der Waals surface area contributed by atoms with Gasteiger partial charge in [0.05, 0.1) is 0 Å². The maximum Gasteiger partial charge on any atom is 0.243 e. The number of hydrogen-bond acceptors (Lipinski definition) is 3. The van der Waals surface area contributed by atoms with Crippen molar-refractivity contribution in [1.82, 2.24) is 10.6 Å². The minimum atomic E-state index is -0.436. The van der Waals surface area contributed by atoms with E-state index in [2.05, 4.69) is 16.6 Å². The lowest BCUT2D eigenvalue weighted by Crippen LogP contribution is -2.51. The summed E-state index contributed by atoms with van der Waals surface area (Å²) in [4.78, 5) is 24.9. The van der Waals surface area contributed by atoms with Crippen LogP contribution in [0.1, 0.15) is 36.3 Å². The van der Waals surface area contributed by atoms with E-state index in [0.29, 0.717) is 19.8 Å². The highest BCUT2D eigenvalue weighted by atomic mass is 16.5. The summed E-state index contributed by atoms with van der Waals surface area (Å²) in [5, 5.41) is 5.96. The Morgan fingerprint density at radius 3 is 2.68 bits per heavy atom.